The number of anilines is 2. The molecular weight excluding hydrogens is 526 g/mol. The Morgan fingerprint density at radius 2 is 1.73 bits per heavy atom. The first-order valence-electron chi connectivity index (χ1n) is 13.0. The third-order valence-corrected chi connectivity index (χ3v) is 6.24. The number of carbonyl (C=O) groups excluding carboxylic acids is 3. The van der Waals surface area contributed by atoms with Gasteiger partial charge in [0.2, 0.25) is 5.91 Å². The maximum atomic E-state index is 13.2. The molecular formula is C30H31N5O6. The molecule has 4 N–H and O–H groups in total. The minimum Gasteiger partial charge on any atom is -0.481 e. The molecule has 11 nitrogen and oxygen atoms in total. The molecule has 0 aliphatic heterocycles. The number of nitrogens with zero attached hydrogens (tertiary/aromatic N) is 2. The first-order chi connectivity index (χ1) is 19.6. The summed E-state index contributed by atoms with van der Waals surface area (Å²) in [5.74, 6) is -1.61. The van der Waals surface area contributed by atoms with Gasteiger partial charge in [0, 0.05) is 29.9 Å². The van der Waals surface area contributed by atoms with Crippen molar-refractivity contribution in [3.8, 4) is 11.3 Å². The summed E-state index contributed by atoms with van der Waals surface area (Å²) < 4.78 is 6.75. The molecule has 0 aliphatic carbocycles. The van der Waals surface area contributed by atoms with Crippen molar-refractivity contribution < 1.29 is 29.0 Å². The van der Waals surface area contributed by atoms with Crippen molar-refractivity contribution in [2.75, 3.05) is 23.8 Å². The van der Waals surface area contributed by atoms with Crippen molar-refractivity contribution in [3.05, 3.63) is 83.6 Å². The lowest BCUT2D eigenvalue weighted by Gasteiger charge is -2.18. The van der Waals surface area contributed by atoms with Crippen LogP contribution in [0, 0.1) is 6.92 Å². The minimum atomic E-state index is -1.04. The number of nitrogens with one attached hydrogen (secondary N) is 3. The first-order valence-corrected chi connectivity index (χ1v) is 13.0. The summed E-state index contributed by atoms with van der Waals surface area (Å²) >= 11 is 0. The fourth-order valence-electron chi connectivity index (χ4n) is 4.31. The van der Waals surface area contributed by atoms with Gasteiger partial charge in [0.1, 0.15) is 23.7 Å². The number of ether oxygens (including phenoxy) is 1. The van der Waals surface area contributed by atoms with Gasteiger partial charge in [-0.15, -0.1) is 0 Å². The van der Waals surface area contributed by atoms with E-state index in [-0.39, 0.29) is 31.0 Å². The molecule has 0 aliphatic rings. The third kappa shape index (κ3) is 7.27. The number of aliphatic carboxylic acids is 1. The summed E-state index contributed by atoms with van der Waals surface area (Å²) in [6.45, 7) is 5.21. The number of hydrogen-bond donors (Lipinski definition) is 4. The molecule has 4 rings (SSSR count). The number of carboxylic acid groups (broad SMARTS) is 1. The van der Waals surface area contributed by atoms with Crippen molar-refractivity contribution in [1.82, 2.24) is 14.7 Å². The summed E-state index contributed by atoms with van der Waals surface area (Å²) in [6.07, 6.45) is 1.37. The highest BCUT2D eigenvalue weighted by atomic mass is 16.5. The molecule has 11 heteroatoms. The smallest absolute Gasteiger partial charge is 0.325 e. The van der Waals surface area contributed by atoms with E-state index in [9.17, 15) is 24.3 Å². The van der Waals surface area contributed by atoms with Gasteiger partial charge < -0.3 is 25.8 Å². The average molecular weight is 558 g/mol. The molecule has 0 saturated heterocycles. The molecule has 0 radical (unpaired) electrons. The fourth-order valence-corrected chi connectivity index (χ4v) is 4.31. The number of esters is 1. The quantitative estimate of drug-likeness (QED) is 0.201. The second kappa shape index (κ2) is 12.8. The Balaban J connectivity index is 1.67. The number of hydrogen-bond acceptors (Lipinski definition) is 7. The monoisotopic (exact) mass is 557 g/mol. The zero-order valence-electron chi connectivity index (χ0n) is 22.9. The van der Waals surface area contributed by atoms with Crippen LogP contribution in [-0.4, -0.2) is 51.4 Å². The van der Waals surface area contributed by atoms with Gasteiger partial charge >= 0.3 is 11.9 Å². The minimum absolute atomic E-state index is 0.103. The lowest BCUT2D eigenvalue weighted by molar-refractivity contribution is -0.141. The van der Waals surface area contributed by atoms with Gasteiger partial charge in [-0.1, -0.05) is 42.0 Å². The number of aryl methyl sites for hydroxylation is 1. The highest BCUT2D eigenvalue weighted by molar-refractivity contribution is 5.96. The van der Waals surface area contributed by atoms with Crippen LogP contribution in [-0.2, 0) is 19.1 Å². The molecule has 1 unspecified atom stereocenters. The van der Waals surface area contributed by atoms with E-state index in [2.05, 4.69) is 16.0 Å². The molecule has 1 atom stereocenters. The van der Waals surface area contributed by atoms with Crippen LogP contribution in [0.3, 0.4) is 0 Å². The second-order valence-electron chi connectivity index (χ2n) is 9.40. The van der Waals surface area contributed by atoms with E-state index in [1.807, 2.05) is 19.1 Å². The van der Waals surface area contributed by atoms with Crippen molar-refractivity contribution in [1.29, 1.82) is 0 Å². The standard InChI is InChI=1S/C30H31N5O6/c1-4-41-27(39)17-31-29-28(21-9-11-23(12-10-21)32-19(3)36)34-25-15-22(13-14-35(25)29)30(40)33-24(16-26(37)38)20-7-5-18(2)6-8-20/h5-15,24,31H,4,16-17H2,1-3H3,(H,32,36)(H,33,40)(H,37,38). The van der Waals surface area contributed by atoms with Crippen LogP contribution in [0.25, 0.3) is 16.9 Å². The normalized spacial score (nSPS) is 11.5. The van der Waals surface area contributed by atoms with Gasteiger partial charge in [0.25, 0.3) is 5.91 Å². The largest absolute Gasteiger partial charge is 0.481 e. The molecule has 41 heavy (non-hydrogen) atoms. The maximum Gasteiger partial charge on any atom is 0.325 e. The van der Waals surface area contributed by atoms with Crippen LogP contribution < -0.4 is 16.0 Å². The molecule has 0 bridgehead atoms. The van der Waals surface area contributed by atoms with Crippen LogP contribution >= 0.6 is 0 Å². The van der Waals surface area contributed by atoms with Gasteiger partial charge in [-0.05, 0) is 43.7 Å². The summed E-state index contributed by atoms with van der Waals surface area (Å²) in [4.78, 5) is 53.0. The molecule has 0 fully saturated rings. The first kappa shape index (κ1) is 28.8. The van der Waals surface area contributed by atoms with Crippen LogP contribution in [0.5, 0.6) is 0 Å². The number of carboxylic acids is 1. The van der Waals surface area contributed by atoms with Crippen LogP contribution in [0.4, 0.5) is 11.5 Å². The number of fused-ring (bicyclic) bond motifs is 1. The predicted octanol–water partition coefficient (Wildman–Crippen LogP) is 4.19. The molecule has 2 amide bonds. The van der Waals surface area contributed by atoms with E-state index >= 15 is 0 Å². The molecule has 2 heterocycles. The summed E-state index contributed by atoms with van der Waals surface area (Å²) in [5.41, 5.74) is 4.26. The van der Waals surface area contributed by atoms with Crippen LogP contribution in [0.1, 0.15) is 47.8 Å². The van der Waals surface area contributed by atoms with Gasteiger partial charge in [-0.2, -0.15) is 0 Å². The fraction of sp³-hybridized carbons (Fsp3) is 0.233. The Bertz CT molecular complexity index is 1580. The second-order valence-corrected chi connectivity index (χ2v) is 9.40. The number of imidazole rings is 1. The van der Waals surface area contributed by atoms with Crippen molar-refractivity contribution in [3.63, 3.8) is 0 Å². The van der Waals surface area contributed by atoms with E-state index in [0.717, 1.165) is 5.56 Å². The number of benzene rings is 2. The Morgan fingerprint density at radius 3 is 2.37 bits per heavy atom. The molecule has 2 aromatic heterocycles. The Kier molecular flexibility index (Phi) is 8.98. The van der Waals surface area contributed by atoms with E-state index in [0.29, 0.717) is 34.0 Å². The van der Waals surface area contributed by atoms with E-state index in [1.54, 1.807) is 66.1 Å². The van der Waals surface area contributed by atoms with Crippen molar-refractivity contribution in [2.45, 2.75) is 33.2 Å². The Labute approximate surface area is 236 Å². The Hall–Kier alpha value is -5.19. The van der Waals surface area contributed by atoms with Crippen molar-refractivity contribution >= 4 is 40.9 Å². The van der Waals surface area contributed by atoms with Crippen molar-refractivity contribution in [2.24, 2.45) is 0 Å². The van der Waals surface area contributed by atoms with E-state index in [1.165, 1.54) is 6.92 Å². The lowest BCUT2D eigenvalue weighted by atomic mass is 10.0. The number of aromatic nitrogens is 2. The molecule has 212 valence electrons. The highest BCUT2D eigenvalue weighted by Crippen LogP contribution is 2.30. The summed E-state index contributed by atoms with van der Waals surface area (Å²) in [5, 5.41) is 18.1. The number of pyridine rings is 1. The molecule has 0 spiro atoms. The van der Waals surface area contributed by atoms with Gasteiger partial charge in [-0.25, -0.2) is 4.98 Å². The molecule has 2 aromatic carbocycles. The highest BCUT2D eigenvalue weighted by Gasteiger charge is 2.21. The number of amides is 2. The summed E-state index contributed by atoms with van der Waals surface area (Å²) in [6, 6.07) is 16.8. The molecule has 4 aromatic rings. The molecule has 0 saturated carbocycles. The number of rotatable bonds is 11. The van der Waals surface area contributed by atoms with Gasteiger partial charge in [0.15, 0.2) is 0 Å². The maximum absolute atomic E-state index is 13.2. The Morgan fingerprint density at radius 1 is 1.02 bits per heavy atom. The van der Waals surface area contributed by atoms with Crippen LogP contribution in [0.15, 0.2) is 66.9 Å². The van der Waals surface area contributed by atoms with Gasteiger partial charge in [-0.3, -0.25) is 23.6 Å². The number of carbonyl (C=O) groups is 4. The third-order valence-electron chi connectivity index (χ3n) is 6.24. The topological polar surface area (TPSA) is 151 Å². The zero-order chi connectivity index (χ0) is 29.5. The lowest BCUT2D eigenvalue weighted by Crippen LogP contribution is -2.30. The van der Waals surface area contributed by atoms with Gasteiger partial charge in [0.05, 0.1) is 19.1 Å². The SMILES string of the molecule is CCOC(=O)CNc1c(-c2ccc(NC(C)=O)cc2)nc2cc(C(=O)NC(CC(=O)O)c3ccc(C)cc3)ccn12. The van der Waals surface area contributed by atoms with E-state index < -0.39 is 23.9 Å². The van der Waals surface area contributed by atoms with Crippen LogP contribution in [0.2, 0.25) is 0 Å². The van der Waals surface area contributed by atoms with E-state index in [4.69, 9.17) is 9.72 Å². The summed E-state index contributed by atoms with van der Waals surface area (Å²) in [7, 11) is 0. The average Bonchev–Trinajstić information content (AvgIpc) is 3.29. The predicted molar refractivity (Wildman–Crippen MR) is 154 cm³/mol. The zero-order valence-corrected chi connectivity index (χ0v) is 22.9.